The summed E-state index contributed by atoms with van der Waals surface area (Å²) < 4.78 is 24.3. The van der Waals surface area contributed by atoms with Gasteiger partial charge >= 0.3 is 0 Å². The van der Waals surface area contributed by atoms with E-state index >= 15 is 0 Å². The molecular weight excluding hydrogens is 296 g/mol. The Hall–Kier alpha value is -2.68. The second-order valence-electron chi connectivity index (χ2n) is 6.20. The van der Waals surface area contributed by atoms with Crippen LogP contribution in [0.1, 0.15) is 26.5 Å². The summed E-state index contributed by atoms with van der Waals surface area (Å²) in [6.45, 7) is 5.58. The van der Waals surface area contributed by atoms with E-state index in [9.17, 15) is 0 Å². The highest BCUT2D eigenvalue weighted by atomic mass is 16.3. The van der Waals surface area contributed by atoms with Gasteiger partial charge in [-0.05, 0) is 43.5 Å². The van der Waals surface area contributed by atoms with Gasteiger partial charge in [-0.1, -0.05) is 19.1 Å². The number of nitrogens with zero attached hydrogens (tertiary/aromatic N) is 2. The predicted octanol–water partition coefficient (Wildman–Crippen LogP) is 4.65. The van der Waals surface area contributed by atoms with Gasteiger partial charge in [0.2, 0.25) is 11.4 Å². The molecular formula is C21H21N2O+. The van der Waals surface area contributed by atoms with E-state index < -0.39 is 6.37 Å². The summed E-state index contributed by atoms with van der Waals surface area (Å²) in [5, 5.41) is 2.02. The first-order chi connectivity index (χ1) is 12.3. The zero-order valence-electron chi connectivity index (χ0n) is 16.3. The summed E-state index contributed by atoms with van der Waals surface area (Å²) in [4.78, 5) is 4.52. The van der Waals surface area contributed by atoms with Crippen molar-refractivity contribution in [2.45, 2.75) is 27.1 Å². The van der Waals surface area contributed by atoms with Gasteiger partial charge < -0.3 is 4.42 Å². The zero-order chi connectivity index (χ0) is 18.6. The topological polar surface area (TPSA) is 29.9 Å². The van der Waals surface area contributed by atoms with Crippen LogP contribution in [0.5, 0.6) is 0 Å². The number of hydrogen-bond acceptors (Lipinski definition) is 2. The molecule has 0 N–H and O–H groups in total. The third kappa shape index (κ3) is 2.20. The summed E-state index contributed by atoms with van der Waals surface area (Å²) in [6, 6.07) is 11.9. The maximum atomic E-state index is 8.05. The summed E-state index contributed by atoms with van der Waals surface area (Å²) in [6.07, 6.45) is 0.493. The second kappa shape index (κ2) is 5.45. The lowest BCUT2D eigenvalue weighted by molar-refractivity contribution is -0.660. The Bertz CT molecular complexity index is 1160. The highest BCUT2D eigenvalue weighted by Gasteiger charge is 2.21. The molecule has 120 valence electrons. The van der Waals surface area contributed by atoms with Gasteiger partial charge in [-0.15, -0.1) is 0 Å². The van der Waals surface area contributed by atoms with Gasteiger partial charge in [-0.3, -0.25) is 0 Å². The molecule has 0 bridgehead atoms. The molecule has 0 radical (unpaired) electrons. The van der Waals surface area contributed by atoms with E-state index in [-0.39, 0.29) is 0 Å². The van der Waals surface area contributed by atoms with E-state index in [1.165, 1.54) is 0 Å². The smallest absolute Gasteiger partial charge is 0.227 e. The fraction of sp³-hybridized carbons (Fsp3) is 0.238. The number of aryl methyl sites for hydroxylation is 4. The molecule has 0 spiro atoms. The lowest BCUT2D eigenvalue weighted by Gasteiger charge is -2.06. The van der Waals surface area contributed by atoms with Crippen molar-refractivity contribution in [3.8, 4) is 11.3 Å². The molecule has 3 heteroatoms. The highest BCUT2D eigenvalue weighted by molar-refractivity contribution is 6.08. The average molecular weight is 319 g/mol. The number of furan rings is 1. The van der Waals surface area contributed by atoms with Crippen LogP contribution in [0, 0.1) is 13.8 Å². The second-order valence-corrected chi connectivity index (χ2v) is 6.20. The van der Waals surface area contributed by atoms with Crippen molar-refractivity contribution >= 4 is 22.1 Å². The van der Waals surface area contributed by atoms with Crippen LogP contribution < -0.4 is 4.57 Å². The summed E-state index contributed by atoms with van der Waals surface area (Å²) >= 11 is 0. The van der Waals surface area contributed by atoms with Gasteiger partial charge in [0.15, 0.2) is 11.8 Å². The number of hydrogen-bond donors (Lipinski definition) is 0. The Balaban J connectivity index is 2.09. The van der Waals surface area contributed by atoms with E-state index in [1.807, 2.05) is 55.9 Å². The van der Waals surface area contributed by atoms with Gasteiger partial charge in [0.25, 0.3) is 0 Å². The van der Waals surface area contributed by atoms with E-state index in [4.69, 9.17) is 7.16 Å². The SMILES string of the molecule is [2H]C([2H])(C)c1cc[n+](C)c(-c2c(C)ccc3c2oc2nc(C)ccc23)c1. The van der Waals surface area contributed by atoms with E-state index in [0.717, 1.165) is 38.9 Å². The molecule has 4 aromatic rings. The largest absolute Gasteiger partial charge is 0.437 e. The summed E-state index contributed by atoms with van der Waals surface area (Å²) in [5.41, 5.74) is 5.98. The minimum Gasteiger partial charge on any atom is -0.437 e. The molecule has 0 unspecified atom stereocenters. The fourth-order valence-electron chi connectivity index (χ4n) is 3.20. The molecule has 0 amide bonds. The van der Waals surface area contributed by atoms with Crippen LogP contribution in [0.2, 0.25) is 0 Å². The molecule has 0 aliphatic heterocycles. The Morgan fingerprint density at radius 3 is 2.71 bits per heavy atom. The molecule has 0 aliphatic rings. The van der Waals surface area contributed by atoms with Crippen molar-refractivity contribution in [1.82, 2.24) is 4.98 Å². The quantitative estimate of drug-likeness (QED) is 0.503. The average Bonchev–Trinajstić information content (AvgIpc) is 2.92. The normalized spacial score (nSPS) is 13.3. The van der Waals surface area contributed by atoms with Gasteiger partial charge in [0.05, 0.1) is 5.56 Å². The van der Waals surface area contributed by atoms with Crippen molar-refractivity contribution in [2.24, 2.45) is 7.05 Å². The lowest BCUT2D eigenvalue weighted by Crippen LogP contribution is -2.30. The molecule has 0 saturated carbocycles. The number of pyridine rings is 2. The first kappa shape index (κ1) is 12.7. The zero-order valence-corrected chi connectivity index (χ0v) is 14.3. The van der Waals surface area contributed by atoms with Crippen LogP contribution in [-0.4, -0.2) is 4.98 Å². The molecule has 3 aromatic heterocycles. The maximum Gasteiger partial charge on any atom is 0.227 e. The van der Waals surface area contributed by atoms with Gasteiger partial charge in [0, 0.05) is 31.3 Å². The highest BCUT2D eigenvalue weighted by Crippen LogP contribution is 2.36. The number of rotatable bonds is 2. The van der Waals surface area contributed by atoms with Crippen LogP contribution in [0.15, 0.2) is 47.0 Å². The molecule has 3 heterocycles. The molecule has 0 fully saturated rings. The van der Waals surface area contributed by atoms with Crippen molar-refractivity contribution in [3.05, 3.63) is 59.4 Å². The first-order valence-corrected chi connectivity index (χ1v) is 8.06. The molecule has 24 heavy (non-hydrogen) atoms. The number of aromatic nitrogens is 2. The molecule has 0 atom stereocenters. The van der Waals surface area contributed by atoms with Crippen LogP contribution in [0.4, 0.5) is 0 Å². The molecule has 4 rings (SSSR count). The number of benzene rings is 1. The van der Waals surface area contributed by atoms with Crippen molar-refractivity contribution in [2.75, 3.05) is 0 Å². The van der Waals surface area contributed by atoms with Crippen molar-refractivity contribution in [3.63, 3.8) is 0 Å². The van der Waals surface area contributed by atoms with Crippen LogP contribution in [0.3, 0.4) is 0 Å². The summed E-state index contributed by atoms with van der Waals surface area (Å²) in [5.74, 6) is 0. The minimum absolute atomic E-state index is 0.636. The van der Waals surface area contributed by atoms with Crippen LogP contribution in [-0.2, 0) is 13.4 Å². The van der Waals surface area contributed by atoms with E-state index in [0.29, 0.717) is 11.3 Å². The standard InChI is InChI=1S/C21H21N2O/c1-5-15-10-11-23(4)18(12-15)19-13(2)6-8-16-17-9-7-14(3)22-21(17)24-20(16)19/h6-12H,5H2,1-4H3/q+1/i5D2. The Labute approximate surface area is 144 Å². The molecule has 1 aromatic carbocycles. The van der Waals surface area contributed by atoms with E-state index in [2.05, 4.69) is 17.1 Å². The first-order valence-electron chi connectivity index (χ1n) is 9.06. The Morgan fingerprint density at radius 1 is 1.12 bits per heavy atom. The molecule has 3 nitrogen and oxygen atoms in total. The fourth-order valence-corrected chi connectivity index (χ4v) is 3.20. The predicted molar refractivity (Wildman–Crippen MR) is 97.0 cm³/mol. The van der Waals surface area contributed by atoms with Crippen molar-refractivity contribution < 1.29 is 11.7 Å². The minimum atomic E-state index is -1.41. The van der Waals surface area contributed by atoms with Crippen LogP contribution >= 0.6 is 0 Å². The molecule has 0 saturated heterocycles. The summed E-state index contributed by atoms with van der Waals surface area (Å²) in [7, 11) is 1.97. The van der Waals surface area contributed by atoms with Crippen LogP contribution in [0.25, 0.3) is 33.3 Å². The third-order valence-corrected chi connectivity index (χ3v) is 4.55. The van der Waals surface area contributed by atoms with E-state index in [1.54, 1.807) is 6.92 Å². The van der Waals surface area contributed by atoms with Gasteiger partial charge in [-0.25, -0.2) is 9.55 Å². The maximum absolute atomic E-state index is 8.05. The van der Waals surface area contributed by atoms with Gasteiger partial charge in [-0.2, -0.15) is 0 Å². The van der Waals surface area contributed by atoms with Gasteiger partial charge in [0.1, 0.15) is 7.05 Å². The third-order valence-electron chi connectivity index (χ3n) is 4.55. The Kier molecular flexibility index (Phi) is 2.88. The monoisotopic (exact) mass is 319 g/mol. The number of fused-ring (bicyclic) bond motifs is 3. The lowest BCUT2D eigenvalue weighted by atomic mass is 9.99. The van der Waals surface area contributed by atoms with Crippen molar-refractivity contribution in [1.29, 1.82) is 0 Å². The molecule has 0 aliphatic carbocycles. The Morgan fingerprint density at radius 2 is 1.92 bits per heavy atom.